The molecule has 5 heteroatoms. The lowest BCUT2D eigenvalue weighted by molar-refractivity contribution is -0.0447. The summed E-state index contributed by atoms with van der Waals surface area (Å²) < 4.78 is 5.30. The van der Waals surface area contributed by atoms with Gasteiger partial charge in [0.05, 0.1) is 19.3 Å². The quantitative estimate of drug-likeness (QED) is 0.863. The molecule has 0 spiro atoms. The van der Waals surface area contributed by atoms with E-state index >= 15 is 0 Å². The number of morpholine rings is 1. The number of amides is 1. The molecule has 1 saturated heterocycles. The number of carbonyl (C=O) groups excluding carboxylic acids is 1. The zero-order chi connectivity index (χ0) is 12.3. The van der Waals surface area contributed by atoms with Gasteiger partial charge in [0, 0.05) is 23.7 Å². The van der Waals surface area contributed by atoms with Crippen molar-refractivity contribution in [1.82, 2.24) is 4.90 Å². The molecular formula is C12H14ClNO3. The van der Waals surface area contributed by atoms with Gasteiger partial charge in [0.1, 0.15) is 0 Å². The summed E-state index contributed by atoms with van der Waals surface area (Å²) in [5.74, 6) is -0.0524. The molecule has 0 aliphatic carbocycles. The van der Waals surface area contributed by atoms with Crippen LogP contribution < -0.4 is 0 Å². The Morgan fingerprint density at radius 1 is 1.47 bits per heavy atom. The summed E-state index contributed by atoms with van der Waals surface area (Å²) in [5, 5.41) is 9.63. The smallest absolute Gasteiger partial charge is 0.254 e. The van der Waals surface area contributed by atoms with Crippen LogP contribution in [0.1, 0.15) is 10.4 Å². The third-order valence-corrected chi connectivity index (χ3v) is 2.97. The molecule has 1 fully saturated rings. The molecule has 1 aliphatic heterocycles. The Labute approximate surface area is 105 Å². The summed E-state index contributed by atoms with van der Waals surface area (Å²) in [4.78, 5) is 13.8. The zero-order valence-corrected chi connectivity index (χ0v) is 10.1. The molecule has 1 aliphatic rings. The third kappa shape index (κ3) is 2.97. The molecule has 0 radical (unpaired) electrons. The molecule has 1 amide bonds. The van der Waals surface area contributed by atoms with Gasteiger partial charge in [-0.25, -0.2) is 0 Å². The number of carbonyl (C=O) groups is 1. The molecule has 2 rings (SSSR count). The fourth-order valence-electron chi connectivity index (χ4n) is 1.79. The van der Waals surface area contributed by atoms with Gasteiger partial charge in [-0.05, 0) is 24.3 Å². The standard InChI is InChI=1S/C12H14ClNO3/c13-10-3-1-9(2-4-10)12(16)14-5-6-17-11(7-14)8-15/h1-4,11,15H,5-8H2. The molecule has 0 saturated carbocycles. The number of rotatable bonds is 2. The predicted molar refractivity (Wildman–Crippen MR) is 64.2 cm³/mol. The second-order valence-corrected chi connectivity index (χ2v) is 4.37. The molecule has 1 heterocycles. The van der Waals surface area contributed by atoms with E-state index < -0.39 is 0 Å². The molecule has 1 atom stereocenters. The second kappa shape index (κ2) is 5.49. The molecule has 17 heavy (non-hydrogen) atoms. The van der Waals surface area contributed by atoms with Gasteiger partial charge in [-0.2, -0.15) is 0 Å². The Morgan fingerprint density at radius 3 is 2.82 bits per heavy atom. The predicted octanol–water partition coefficient (Wildman–Crippen LogP) is 1.17. The average Bonchev–Trinajstić information content (AvgIpc) is 2.39. The second-order valence-electron chi connectivity index (χ2n) is 3.93. The average molecular weight is 256 g/mol. The van der Waals surface area contributed by atoms with Crippen LogP contribution in [0.25, 0.3) is 0 Å². The third-order valence-electron chi connectivity index (χ3n) is 2.72. The molecule has 1 aromatic carbocycles. The minimum atomic E-state index is -0.278. The summed E-state index contributed by atoms with van der Waals surface area (Å²) in [6.07, 6.45) is -0.278. The Morgan fingerprint density at radius 2 is 2.18 bits per heavy atom. The molecule has 0 bridgehead atoms. The van der Waals surface area contributed by atoms with Gasteiger partial charge in [0.15, 0.2) is 0 Å². The number of nitrogens with zero attached hydrogens (tertiary/aromatic N) is 1. The topological polar surface area (TPSA) is 49.8 Å². The highest BCUT2D eigenvalue weighted by Crippen LogP contribution is 2.13. The van der Waals surface area contributed by atoms with E-state index in [1.165, 1.54) is 0 Å². The first-order valence-electron chi connectivity index (χ1n) is 5.48. The summed E-state index contributed by atoms with van der Waals surface area (Å²) in [7, 11) is 0. The van der Waals surface area contributed by atoms with Crippen LogP contribution in [0.2, 0.25) is 5.02 Å². The maximum Gasteiger partial charge on any atom is 0.254 e. The zero-order valence-electron chi connectivity index (χ0n) is 9.30. The van der Waals surface area contributed by atoms with Crippen LogP contribution >= 0.6 is 11.6 Å². The Kier molecular flexibility index (Phi) is 3.99. The van der Waals surface area contributed by atoms with Crippen molar-refractivity contribution in [1.29, 1.82) is 0 Å². The maximum atomic E-state index is 12.1. The van der Waals surface area contributed by atoms with Gasteiger partial charge in [-0.3, -0.25) is 4.79 Å². The number of hydrogen-bond donors (Lipinski definition) is 1. The van der Waals surface area contributed by atoms with Crippen LogP contribution in [0.5, 0.6) is 0 Å². The van der Waals surface area contributed by atoms with Crippen molar-refractivity contribution in [3.05, 3.63) is 34.9 Å². The van der Waals surface area contributed by atoms with E-state index in [0.717, 1.165) is 0 Å². The van der Waals surface area contributed by atoms with E-state index in [2.05, 4.69) is 0 Å². The van der Waals surface area contributed by atoms with Crippen LogP contribution in [0.3, 0.4) is 0 Å². The largest absolute Gasteiger partial charge is 0.394 e. The minimum Gasteiger partial charge on any atom is -0.394 e. The Bertz CT molecular complexity index is 393. The minimum absolute atomic E-state index is 0.0524. The van der Waals surface area contributed by atoms with Gasteiger partial charge in [0.25, 0.3) is 5.91 Å². The Hall–Kier alpha value is -1.10. The SMILES string of the molecule is O=C(c1ccc(Cl)cc1)N1CCOC(CO)C1. The monoisotopic (exact) mass is 255 g/mol. The van der Waals surface area contributed by atoms with Crippen LogP contribution in [-0.4, -0.2) is 48.3 Å². The van der Waals surface area contributed by atoms with E-state index in [9.17, 15) is 4.79 Å². The highest BCUT2D eigenvalue weighted by Gasteiger charge is 2.24. The van der Waals surface area contributed by atoms with Crippen LogP contribution in [-0.2, 0) is 4.74 Å². The highest BCUT2D eigenvalue weighted by molar-refractivity contribution is 6.30. The fraction of sp³-hybridized carbons (Fsp3) is 0.417. The van der Waals surface area contributed by atoms with Gasteiger partial charge in [0.2, 0.25) is 0 Å². The number of hydrogen-bond acceptors (Lipinski definition) is 3. The van der Waals surface area contributed by atoms with E-state index in [-0.39, 0.29) is 18.6 Å². The van der Waals surface area contributed by atoms with Crippen molar-refractivity contribution < 1.29 is 14.6 Å². The van der Waals surface area contributed by atoms with Crippen LogP contribution in [0, 0.1) is 0 Å². The van der Waals surface area contributed by atoms with E-state index in [1.807, 2.05) is 0 Å². The van der Waals surface area contributed by atoms with Crippen molar-refractivity contribution in [2.24, 2.45) is 0 Å². The van der Waals surface area contributed by atoms with Crippen molar-refractivity contribution in [2.45, 2.75) is 6.10 Å². The molecule has 1 aromatic rings. The maximum absolute atomic E-state index is 12.1. The van der Waals surface area contributed by atoms with Gasteiger partial charge >= 0.3 is 0 Å². The molecule has 1 N–H and O–H groups in total. The van der Waals surface area contributed by atoms with Crippen molar-refractivity contribution >= 4 is 17.5 Å². The lowest BCUT2D eigenvalue weighted by Gasteiger charge is -2.32. The number of halogens is 1. The molecule has 1 unspecified atom stereocenters. The van der Waals surface area contributed by atoms with Crippen molar-refractivity contribution in [3.8, 4) is 0 Å². The lowest BCUT2D eigenvalue weighted by Crippen LogP contribution is -2.46. The number of benzene rings is 1. The number of ether oxygens (including phenoxy) is 1. The first-order chi connectivity index (χ1) is 8.20. The molecule has 4 nitrogen and oxygen atoms in total. The van der Waals surface area contributed by atoms with E-state index in [1.54, 1.807) is 29.2 Å². The summed E-state index contributed by atoms with van der Waals surface area (Å²) >= 11 is 5.77. The fourth-order valence-corrected chi connectivity index (χ4v) is 1.92. The first-order valence-corrected chi connectivity index (χ1v) is 5.86. The van der Waals surface area contributed by atoms with Crippen molar-refractivity contribution in [3.63, 3.8) is 0 Å². The van der Waals surface area contributed by atoms with Crippen LogP contribution in [0.4, 0.5) is 0 Å². The van der Waals surface area contributed by atoms with Gasteiger partial charge in [-0.1, -0.05) is 11.6 Å². The van der Waals surface area contributed by atoms with E-state index in [0.29, 0.717) is 30.3 Å². The first kappa shape index (κ1) is 12.4. The summed E-state index contributed by atoms with van der Waals surface area (Å²) in [5.41, 5.74) is 0.605. The van der Waals surface area contributed by atoms with Crippen LogP contribution in [0.15, 0.2) is 24.3 Å². The van der Waals surface area contributed by atoms with Gasteiger partial charge < -0.3 is 14.7 Å². The molecule has 92 valence electrons. The Balaban J connectivity index is 2.06. The summed E-state index contributed by atoms with van der Waals surface area (Å²) in [6, 6.07) is 6.79. The van der Waals surface area contributed by atoms with Crippen molar-refractivity contribution in [2.75, 3.05) is 26.3 Å². The normalized spacial score (nSPS) is 20.4. The molecular weight excluding hydrogens is 242 g/mol. The number of aliphatic hydroxyl groups is 1. The van der Waals surface area contributed by atoms with E-state index in [4.69, 9.17) is 21.4 Å². The molecule has 0 aromatic heterocycles. The summed E-state index contributed by atoms with van der Waals surface area (Å²) in [6.45, 7) is 1.38. The number of aliphatic hydroxyl groups excluding tert-OH is 1. The lowest BCUT2D eigenvalue weighted by atomic mass is 10.2. The highest BCUT2D eigenvalue weighted by atomic mass is 35.5. The van der Waals surface area contributed by atoms with Gasteiger partial charge in [-0.15, -0.1) is 0 Å².